The molecule has 3 rings (SSSR count). The zero-order chi connectivity index (χ0) is 14.8. The summed E-state index contributed by atoms with van der Waals surface area (Å²) < 4.78 is 5.71. The Hall–Kier alpha value is -2.15. The van der Waals surface area contributed by atoms with Crippen molar-refractivity contribution in [3.63, 3.8) is 0 Å². The molecule has 0 bridgehead atoms. The summed E-state index contributed by atoms with van der Waals surface area (Å²) in [6.45, 7) is 4.98. The fraction of sp³-hybridized carbons (Fsp3) is 0.500. The van der Waals surface area contributed by atoms with Crippen LogP contribution in [0.3, 0.4) is 0 Å². The molecule has 0 spiro atoms. The highest BCUT2D eigenvalue weighted by molar-refractivity contribution is 5.93. The van der Waals surface area contributed by atoms with Gasteiger partial charge in [-0.25, -0.2) is 4.98 Å². The Balaban J connectivity index is 1.62. The number of aromatic nitrogens is 4. The van der Waals surface area contributed by atoms with Crippen LogP contribution in [0, 0.1) is 19.8 Å². The number of aromatic amines is 2. The Labute approximate surface area is 122 Å². The minimum atomic E-state index is -0.153. The largest absolute Gasteiger partial charge is 0.370 e. The number of amides is 1. The number of nitrogens with zero attached hydrogens (tertiary/aromatic N) is 2. The monoisotopic (exact) mass is 289 g/mol. The van der Waals surface area contributed by atoms with Crippen molar-refractivity contribution in [1.82, 2.24) is 25.5 Å². The predicted octanol–water partition coefficient (Wildman–Crippen LogP) is 1.26. The molecule has 1 amide bonds. The van der Waals surface area contributed by atoms with Crippen LogP contribution in [0.5, 0.6) is 0 Å². The molecule has 0 unspecified atom stereocenters. The number of H-pyrrole nitrogens is 2. The van der Waals surface area contributed by atoms with Gasteiger partial charge in [0.05, 0.1) is 0 Å². The number of aryl methyl sites for hydroxylation is 2. The lowest BCUT2D eigenvalue weighted by Crippen LogP contribution is -2.31. The molecule has 112 valence electrons. The van der Waals surface area contributed by atoms with Gasteiger partial charge in [-0.2, -0.15) is 5.10 Å². The molecule has 7 heteroatoms. The lowest BCUT2D eigenvalue weighted by atomic mass is 10.0. The molecule has 1 saturated heterocycles. The molecule has 7 nitrogen and oxygen atoms in total. The molecule has 0 aliphatic carbocycles. The minimum Gasteiger partial charge on any atom is -0.370 e. The van der Waals surface area contributed by atoms with Crippen molar-refractivity contribution in [1.29, 1.82) is 0 Å². The number of hydrogen-bond acceptors (Lipinski definition) is 4. The first-order chi connectivity index (χ1) is 10.1. The summed E-state index contributed by atoms with van der Waals surface area (Å²) in [5.41, 5.74) is 1.55. The third-order valence-electron chi connectivity index (χ3n) is 3.79. The van der Waals surface area contributed by atoms with Crippen molar-refractivity contribution in [2.24, 2.45) is 5.92 Å². The van der Waals surface area contributed by atoms with E-state index < -0.39 is 0 Å². The summed E-state index contributed by atoms with van der Waals surface area (Å²) in [5, 5.41) is 9.94. The summed E-state index contributed by atoms with van der Waals surface area (Å²) in [5.74, 6) is 1.54. The zero-order valence-electron chi connectivity index (χ0n) is 12.1. The molecule has 2 aromatic heterocycles. The second-order valence-corrected chi connectivity index (χ2v) is 5.36. The molecule has 2 aromatic rings. The van der Waals surface area contributed by atoms with Crippen LogP contribution in [0.1, 0.15) is 40.2 Å². The second kappa shape index (κ2) is 5.69. The number of hydrogen-bond donors (Lipinski definition) is 3. The van der Waals surface area contributed by atoms with Crippen molar-refractivity contribution in [3.05, 3.63) is 35.2 Å². The number of rotatable bonds is 4. The lowest BCUT2D eigenvalue weighted by Gasteiger charge is -2.16. The Morgan fingerprint density at radius 2 is 2.38 bits per heavy atom. The minimum absolute atomic E-state index is 0.0886. The smallest absolute Gasteiger partial charge is 0.267 e. The Bertz CT molecular complexity index is 633. The maximum atomic E-state index is 12.1. The topological polar surface area (TPSA) is 95.7 Å². The number of ether oxygens (including phenoxy) is 1. The van der Waals surface area contributed by atoms with E-state index in [0.29, 0.717) is 24.7 Å². The summed E-state index contributed by atoms with van der Waals surface area (Å²) in [6, 6.07) is 1.88. The summed E-state index contributed by atoms with van der Waals surface area (Å²) in [4.78, 5) is 19.4. The Morgan fingerprint density at radius 3 is 3.05 bits per heavy atom. The third-order valence-corrected chi connectivity index (χ3v) is 3.79. The van der Waals surface area contributed by atoms with Crippen LogP contribution < -0.4 is 5.32 Å². The van der Waals surface area contributed by atoms with Crippen molar-refractivity contribution >= 4 is 5.91 Å². The quantitative estimate of drug-likeness (QED) is 0.789. The molecule has 0 radical (unpaired) electrons. The average molecular weight is 289 g/mol. The molecule has 1 aliphatic rings. The second-order valence-electron chi connectivity index (χ2n) is 5.36. The zero-order valence-corrected chi connectivity index (χ0v) is 12.1. The standard InChI is InChI=1S/C14H19N5O2/c1-8-3-5-15-11(8)14(20)16-7-10-4-6-21-12(10)13-17-9(2)18-19-13/h3,5,10,12,15H,4,6-7H2,1-2H3,(H,16,20)(H,17,18,19)/t10-,12-/m0/s1. The van der Waals surface area contributed by atoms with Crippen LogP contribution >= 0.6 is 0 Å². The highest BCUT2D eigenvalue weighted by Gasteiger charge is 2.32. The van der Waals surface area contributed by atoms with Gasteiger partial charge >= 0.3 is 0 Å². The fourth-order valence-corrected chi connectivity index (χ4v) is 2.62. The maximum Gasteiger partial charge on any atom is 0.267 e. The molecule has 21 heavy (non-hydrogen) atoms. The summed E-state index contributed by atoms with van der Waals surface area (Å²) in [6.07, 6.45) is 2.50. The SMILES string of the molecule is Cc1nc([C@H]2OCC[C@H]2CNC(=O)c2[nH]ccc2C)n[nH]1. The van der Waals surface area contributed by atoms with E-state index in [-0.39, 0.29) is 17.9 Å². The van der Waals surface area contributed by atoms with Crippen molar-refractivity contribution < 1.29 is 9.53 Å². The van der Waals surface area contributed by atoms with Crippen LogP contribution in [-0.4, -0.2) is 39.2 Å². The van der Waals surface area contributed by atoms with E-state index in [1.807, 2.05) is 19.9 Å². The summed E-state index contributed by atoms with van der Waals surface area (Å²) in [7, 11) is 0. The first-order valence-corrected chi connectivity index (χ1v) is 7.08. The third kappa shape index (κ3) is 2.82. The highest BCUT2D eigenvalue weighted by Crippen LogP contribution is 2.32. The lowest BCUT2D eigenvalue weighted by molar-refractivity contribution is 0.0797. The molecule has 1 aliphatic heterocycles. The van der Waals surface area contributed by atoms with Crippen LogP contribution in [0.25, 0.3) is 0 Å². The van der Waals surface area contributed by atoms with Gasteiger partial charge in [-0.1, -0.05) is 0 Å². The predicted molar refractivity (Wildman–Crippen MR) is 75.8 cm³/mol. The van der Waals surface area contributed by atoms with Crippen molar-refractivity contribution in [2.75, 3.05) is 13.2 Å². The number of nitrogens with one attached hydrogen (secondary N) is 3. The maximum absolute atomic E-state index is 12.1. The van der Waals surface area contributed by atoms with Gasteiger partial charge in [0.15, 0.2) is 5.82 Å². The highest BCUT2D eigenvalue weighted by atomic mass is 16.5. The Kier molecular flexibility index (Phi) is 3.74. The van der Waals surface area contributed by atoms with Crippen molar-refractivity contribution in [3.8, 4) is 0 Å². The van der Waals surface area contributed by atoms with Crippen molar-refractivity contribution in [2.45, 2.75) is 26.4 Å². The molecule has 0 saturated carbocycles. The molecule has 0 aromatic carbocycles. The molecule has 3 heterocycles. The number of carbonyl (C=O) groups is 1. The normalized spacial score (nSPS) is 21.6. The molecule has 2 atom stereocenters. The molecular formula is C14H19N5O2. The van der Waals surface area contributed by atoms with E-state index in [1.165, 1.54) is 0 Å². The first kappa shape index (κ1) is 13.8. The van der Waals surface area contributed by atoms with E-state index in [9.17, 15) is 4.79 Å². The van der Waals surface area contributed by atoms with Crippen LogP contribution in [0.4, 0.5) is 0 Å². The fourth-order valence-electron chi connectivity index (χ4n) is 2.62. The molecule has 1 fully saturated rings. The average Bonchev–Trinajstić information content (AvgIpc) is 3.16. The first-order valence-electron chi connectivity index (χ1n) is 7.08. The van der Waals surface area contributed by atoms with Crippen LogP contribution in [0.15, 0.2) is 12.3 Å². The van der Waals surface area contributed by atoms with E-state index in [2.05, 4.69) is 25.5 Å². The molecule has 3 N–H and O–H groups in total. The summed E-state index contributed by atoms with van der Waals surface area (Å²) >= 11 is 0. The number of carbonyl (C=O) groups excluding carboxylic acids is 1. The van der Waals surface area contributed by atoms with Gasteiger partial charge in [-0.3, -0.25) is 9.89 Å². The van der Waals surface area contributed by atoms with Gasteiger partial charge in [0, 0.05) is 25.3 Å². The molecular weight excluding hydrogens is 270 g/mol. The van der Waals surface area contributed by atoms with E-state index in [0.717, 1.165) is 17.8 Å². The van der Waals surface area contributed by atoms with Crippen LogP contribution in [0.2, 0.25) is 0 Å². The van der Waals surface area contributed by atoms with Gasteiger partial charge in [0.25, 0.3) is 5.91 Å². The van der Waals surface area contributed by atoms with E-state index >= 15 is 0 Å². The van der Waals surface area contributed by atoms with Gasteiger partial charge < -0.3 is 15.0 Å². The van der Waals surface area contributed by atoms with E-state index in [4.69, 9.17) is 4.74 Å². The van der Waals surface area contributed by atoms with Gasteiger partial charge in [-0.05, 0) is 31.9 Å². The van der Waals surface area contributed by atoms with Gasteiger partial charge in [-0.15, -0.1) is 0 Å². The van der Waals surface area contributed by atoms with Crippen LogP contribution in [-0.2, 0) is 4.74 Å². The Morgan fingerprint density at radius 1 is 1.52 bits per heavy atom. The van der Waals surface area contributed by atoms with E-state index in [1.54, 1.807) is 6.20 Å². The van der Waals surface area contributed by atoms with Gasteiger partial charge in [0.2, 0.25) is 0 Å². The van der Waals surface area contributed by atoms with Gasteiger partial charge in [0.1, 0.15) is 17.6 Å².